The van der Waals surface area contributed by atoms with Crippen LogP contribution in [0.5, 0.6) is 5.75 Å². The minimum absolute atomic E-state index is 0.0184. The van der Waals surface area contributed by atoms with Crippen LogP contribution in [0, 0.1) is 0 Å². The van der Waals surface area contributed by atoms with Crippen LogP contribution < -0.4 is 10.1 Å². The average Bonchev–Trinajstić information content (AvgIpc) is 2.63. The second-order valence-corrected chi connectivity index (χ2v) is 7.00. The number of nitrogens with one attached hydrogen (secondary N) is 1. The lowest BCUT2D eigenvalue weighted by molar-refractivity contribution is -0.139. The summed E-state index contributed by atoms with van der Waals surface area (Å²) < 4.78 is 5.59. The lowest BCUT2D eigenvalue weighted by Crippen LogP contribution is -2.49. The maximum absolute atomic E-state index is 12.5. The molecule has 27 heavy (non-hydrogen) atoms. The highest BCUT2D eigenvalue weighted by molar-refractivity contribution is 5.94. The van der Waals surface area contributed by atoms with Gasteiger partial charge in [-0.25, -0.2) is 0 Å². The Labute approximate surface area is 159 Å². The van der Waals surface area contributed by atoms with Crippen molar-refractivity contribution in [1.29, 1.82) is 0 Å². The standard InChI is InChI=1S/C20H28N2O5/c1-14-5-3-6-15(2)22(14)18(23)13-27-17-10-8-16(9-11-17)20(26)21-12-4-7-19(24)25/h8-11,14-15H,3-7,12-13H2,1-2H3,(H,21,26)(H,24,25). The molecule has 1 aliphatic heterocycles. The van der Waals surface area contributed by atoms with Crippen LogP contribution in [0.2, 0.25) is 0 Å². The molecule has 2 rings (SSSR count). The Hall–Kier alpha value is -2.57. The fourth-order valence-corrected chi connectivity index (χ4v) is 3.38. The minimum atomic E-state index is -0.881. The van der Waals surface area contributed by atoms with E-state index in [9.17, 15) is 14.4 Å². The molecule has 1 heterocycles. The van der Waals surface area contributed by atoms with Gasteiger partial charge < -0.3 is 20.1 Å². The van der Waals surface area contributed by atoms with Crippen LogP contribution >= 0.6 is 0 Å². The number of benzene rings is 1. The number of hydrogen-bond donors (Lipinski definition) is 2. The number of carbonyl (C=O) groups is 3. The van der Waals surface area contributed by atoms with E-state index in [2.05, 4.69) is 19.2 Å². The van der Waals surface area contributed by atoms with Gasteiger partial charge in [-0.2, -0.15) is 0 Å². The largest absolute Gasteiger partial charge is 0.484 e. The molecule has 1 aliphatic rings. The molecule has 0 radical (unpaired) electrons. The minimum Gasteiger partial charge on any atom is -0.484 e. The highest BCUT2D eigenvalue weighted by atomic mass is 16.5. The number of piperidine rings is 1. The number of carbonyl (C=O) groups excluding carboxylic acids is 2. The van der Waals surface area contributed by atoms with Crippen LogP contribution in [0.3, 0.4) is 0 Å². The number of rotatable bonds is 8. The molecule has 148 valence electrons. The topological polar surface area (TPSA) is 95.9 Å². The normalized spacial score (nSPS) is 19.4. The molecule has 1 aromatic carbocycles. The molecule has 0 bridgehead atoms. The van der Waals surface area contributed by atoms with E-state index in [-0.39, 0.29) is 36.9 Å². The Bertz CT molecular complexity index is 649. The third-order valence-corrected chi connectivity index (χ3v) is 4.81. The maximum Gasteiger partial charge on any atom is 0.303 e. The first-order valence-electron chi connectivity index (χ1n) is 9.42. The summed E-state index contributed by atoms with van der Waals surface area (Å²) in [7, 11) is 0. The first kappa shape index (κ1) is 20.7. The molecule has 2 amide bonds. The predicted molar refractivity (Wildman–Crippen MR) is 101 cm³/mol. The second kappa shape index (κ2) is 9.94. The lowest BCUT2D eigenvalue weighted by atomic mass is 9.97. The van der Waals surface area contributed by atoms with Gasteiger partial charge in [0.2, 0.25) is 0 Å². The van der Waals surface area contributed by atoms with Crippen molar-refractivity contribution in [3.63, 3.8) is 0 Å². The van der Waals surface area contributed by atoms with Crippen molar-refractivity contribution in [2.75, 3.05) is 13.2 Å². The van der Waals surface area contributed by atoms with Gasteiger partial charge in [-0.1, -0.05) is 0 Å². The molecule has 1 saturated heterocycles. The van der Waals surface area contributed by atoms with Gasteiger partial charge in [0, 0.05) is 30.6 Å². The fraction of sp³-hybridized carbons (Fsp3) is 0.550. The molecule has 0 aromatic heterocycles. The molecule has 1 fully saturated rings. The van der Waals surface area contributed by atoms with Crippen LogP contribution in [0.15, 0.2) is 24.3 Å². The van der Waals surface area contributed by atoms with Crippen LogP contribution in [0.4, 0.5) is 0 Å². The van der Waals surface area contributed by atoms with Crippen molar-refractivity contribution in [3.05, 3.63) is 29.8 Å². The van der Waals surface area contributed by atoms with Gasteiger partial charge in [0.25, 0.3) is 11.8 Å². The van der Waals surface area contributed by atoms with Crippen LogP contribution in [0.25, 0.3) is 0 Å². The van der Waals surface area contributed by atoms with Gasteiger partial charge >= 0.3 is 5.97 Å². The summed E-state index contributed by atoms with van der Waals surface area (Å²) in [6.45, 7) is 4.42. The van der Waals surface area contributed by atoms with E-state index in [1.54, 1.807) is 24.3 Å². The number of aliphatic carboxylic acids is 1. The van der Waals surface area contributed by atoms with Crippen LogP contribution in [0.1, 0.15) is 56.3 Å². The number of ether oxygens (including phenoxy) is 1. The van der Waals surface area contributed by atoms with Crippen molar-refractivity contribution in [3.8, 4) is 5.75 Å². The summed E-state index contributed by atoms with van der Waals surface area (Å²) in [4.78, 5) is 36.8. The fourth-order valence-electron chi connectivity index (χ4n) is 3.38. The molecular formula is C20H28N2O5. The van der Waals surface area contributed by atoms with Gasteiger partial charge in [-0.3, -0.25) is 14.4 Å². The number of carboxylic acid groups (broad SMARTS) is 1. The Morgan fingerprint density at radius 3 is 2.37 bits per heavy atom. The third-order valence-electron chi connectivity index (χ3n) is 4.81. The third kappa shape index (κ3) is 6.27. The average molecular weight is 376 g/mol. The van der Waals surface area contributed by atoms with Gasteiger partial charge in [-0.15, -0.1) is 0 Å². The monoisotopic (exact) mass is 376 g/mol. The number of amides is 2. The zero-order valence-corrected chi connectivity index (χ0v) is 15.9. The van der Waals surface area contributed by atoms with Crippen molar-refractivity contribution < 1.29 is 24.2 Å². The molecule has 2 unspecified atom stereocenters. The SMILES string of the molecule is CC1CCCC(C)N1C(=O)COc1ccc(C(=O)NCCCC(=O)O)cc1. The van der Waals surface area contributed by atoms with Gasteiger partial charge in [0.1, 0.15) is 5.75 Å². The first-order valence-corrected chi connectivity index (χ1v) is 9.42. The van der Waals surface area contributed by atoms with Gasteiger partial charge in [0.05, 0.1) is 0 Å². The summed E-state index contributed by atoms with van der Waals surface area (Å²) in [5.41, 5.74) is 0.460. The van der Waals surface area contributed by atoms with E-state index < -0.39 is 5.97 Å². The molecular weight excluding hydrogens is 348 g/mol. The van der Waals surface area contributed by atoms with Crippen LogP contribution in [-0.4, -0.2) is 53.0 Å². The zero-order chi connectivity index (χ0) is 19.8. The summed E-state index contributed by atoms with van der Waals surface area (Å²) in [6.07, 6.45) is 3.60. The van der Waals surface area contributed by atoms with Gasteiger partial charge in [0.15, 0.2) is 6.61 Å². The molecule has 7 heteroatoms. The number of nitrogens with zero attached hydrogens (tertiary/aromatic N) is 1. The summed E-state index contributed by atoms with van der Waals surface area (Å²) in [6, 6.07) is 7.02. The Morgan fingerprint density at radius 2 is 1.78 bits per heavy atom. The van der Waals surface area contributed by atoms with Crippen LogP contribution in [-0.2, 0) is 9.59 Å². The van der Waals surface area contributed by atoms with Crippen molar-refractivity contribution >= 4 is 17.8 Å². The molecule has 0 aliphatic carbocycles. The predicted octanol–water partition coefficient (Wildman–Crippen LogP) is 2.45. The first-order chi connectivity index (χ1) is 12.9. The highest BCUT2D eigenvalue weighted by Crippen LogP contribution is 2.23. The Morgan fingerprint density at radius 1 is 1.15 bits per heavy atom. The van der Waals surface area contributed by atoms with Crippen molar-refractivity contribution in [2.24, 2.45) is 0 Å². The van der Waals surface area contributed by atoms with Crippen molar-refractivity contribution in [2.45, 2.75) is 58.0 Å². The van der Waals surface area contributed by atoms with Gasteiger partial charge in [-0.05, 0) is 63.8 Å². The maximum atomic E-state index is 12.5. The molecule has 0 spiro atoms. The van der Waals surface area contributed by atoms with E-state index in [1.807, 2.05) is 4.90 Å². The molecule has 1 aromatic rings. The Kier molecular flexibility index (Phi) is 7.64. The summed E-state index contributed by atoms with van der Waals surface area (Å²) >= 11 is 0. The molecule has 2 atom stereocenters. The van der Waals surface area contributed by atoms with E-state index in [0.29, 0.717) is 24.3 Å². The zero-order valence-electron chi connectivity index (χ0n) is 15.9. The quantitative estimate of drug-likeness (QED) is 0.680. The summed E-state index contributed by atoms with van der Waals surface area (Å²) in [5.74, 6) is -0.634. The number of carboxylic acids is 1. The van der Waals surface area contributed by atoms with E-state index >= 15 is 0 Å². The number of likely N-dealkylation sites (tertiary alicyclic amines) is 1. The van der Waals surface area contributed by atoms with E-state index in [4.69, 9.17) is 9.84 Å². The lowest BCUT2D eigenvalue weighted by Gasteiger charge is -2.38. The molecule has 7 nitrogen and oxygen atoms in total. The highest BCUT2D eigenvalue weighted by Gasteiger charge is 2.28. The van der Waals surface area contributed by atoms with Crippen molar-refractivity contribution in [1.82, 2.24) is 10.2 Å². The summed E-state index contributed by atoms with van der Waals surface area (Å²) in [5, 5.41) is 11.2. The van der Waals surface area contributed by atoms with E-state index in [1.165, 1.54) is 0 Å². The smallest absolute Gasteiger partial charge is 0.303 e. The second-order valence-electron chi connectivity index (χ2n) is 7.00. The number of hydrogen-bond acceptors (Lipinski definition) is 4. The van der Waals surface area contributed by atoms with E-state index in [0.717, 1.165) is 19.3 Å². The Balaban J connectivity index is 1.80. The molecule has 0 saturated carbocycles. The molecule has 2 N–H and O–H groups in total.